The first kappa shape index (κ1) is 11.3. The van der Waals surface area contributed by atoms with Crippen LogP contribution >= 0.6 is 15.9 Å². The fraction of sp³-hybridized carbons (Fsp3) is 0.333. The number of Topliss-reactive ketones (excluding diaryl/α,β-unsaturated/α-hetero) is 1. The first-order valence-electron chi connectivity index (χ1n) is 5.38. The fourth-order valence-corrected chi connectivity index (χ4v) is 1.93. The summed E-state index contributed by atoms with van der Waals surface area (Å²) in [6.07, 6.45) is 2.17. The zero-order valence-electron chi connectivity index (χ0n) is 8.92. The maximum atomic E-state index is 11.8. The second-order valence-corrected chi connectivity index (χ2v) is 4.71. The summed E-state index contributed by atoms with van der Waals surface area (Å²) in [5, 5.41) is 3.14. The summed E-state index contributed by atoms with van der Waals surface area (Å²) < 4.78 is 0.990. The van der Waals surface area contributed by atoms with Gasteiger partial charge in [0.15, 0.2) is 0 Å². The van der Waals surface area contributed by atoms with Gasteiger partial charge in [0, 0.05) is 10.0 Å². The molecule has 0 aromatic heterocycles. The van der Waals surface area contributed by atoms with E-state index >= 15 is 0 Å². The van der Waals surface area contributed by atoms with Gasteiger partial charge in [-0.05, 0) is 18.6 Å². The zero-order valence-corrected chi connectivity index (χ0v) is 10.5. The molecular formula is C12H14BrN2O+. The Balaban J connectivity index is 1.90. The van der Waals surface area contributed by atoms with Crippen LogP contribution in [0.4, 0.5) is 0 Å². The summed E-state index contributed by atoms with van der Waals surface area (Å²) in [7, 11) is 0. The maximum absolute atomic E-state index is 11.8. The van der Waals surface area contributed by atoms with Crippen molar-refractivity contribution in [3.8, 4) is 0 Å². The van der Waals surface area contributed by atoms with E-state index in [4.69, 9.17) is 0 Å². The zero-order chi connectivity index (χ0) is 11.4. The first-order valence-corrected chi connectivity index (χ1v) is 6.17. The lowest BCUT2D eigenvalue weighted by molar-refractivity contribution is -0.449. The summed E-state index contributed by atoms with van der Waals surface area (Å²) in [6, 6.07) is 7.43. The van der Waals surface area contributed by atoms with E-state index in [1.807, 2.05) is 24.3 Å². The van der Waals surface area contributed by atoms with Crippen molar-refractivity contribution in [3.63, 3.8) is 0 Å². The topological polar surface area (TPSA) is 43.1 Å². The average molecular weight is 282 g/mol. The molecule has 84 valence electrons. The lowest BCUT2D eigenvalue weighted by atomic mass is 10.1. The molecule has 0 aliphatic carbocycles. The van der Waals surface area contributed by atoms with Gasteiger partial charge in [0.05, 0.1) is 13.0 Å². The van der Waals surface area contributed by atoms with Gasteiger partial charge in [-0.1, -0.05) is 28.1 Å². The Bertz CT molecular complexity index is 412. The van der Waals surface area contributed by atoms with Crippen molar-refractivity contribution in [1.82, 2.24) is 5.32 Å². The molecule has 1 aliphatic heterocycles. The van der Waals surface area contributed by atoms with Crippen LogP contribution in [0.2, 0.25) is 0 Å². The van der Waals surface area contributed by atoms with Gasteiger partial charge in [-0.2, -0.15) is 0 Å². The van der Waals surface area contributed by atoms with Crippen LogP contribution in [-0.2, 0) is 0 Å². The Hall–Kier alpha value is -1.16. The molecule has 0 saturated carbocycles. The molecule has 1 heterocycles. The molecule has 0 bridgehead atoms. The lowest BCUT2D eigenvalue weighted by Gasteiger charge is -2.00. The summed E-state index contributed by atoms with van der Waals surface area (Å²) in [5.74, 6) is 1.21. The standard InChI is InChI=1S/C12H13BrN2O/c13-10-5-3-9(4-6-10)11(16)8-15-12-2-1-7-14-12/h3-6H,1-2,7-8H2,(H,14,15)/p+1. The molecule has 1 aromatic carbocycles. The van der Waals surface area contributed by atoms with Gasteiger partial charge in [0.25, 0.3) is 0 Å². The van der Waals surface area contributed by atoms with Crippen molar-refractivity contribution in [2.24, 2.45) is 0 Å². The maximum Gasteiger partial charge on any atom is 0.243 e. The minimum Gasteiger partial charge on any atom is -0.290 e. The number of carbonyl (C=O) groups excluding carboxylic acids is 1. The van der Waals surface area contributed by atoms with Gasteiger partial charge in [0.1, 0.15) is 6.54 Å². The highest BCUT2D eigenvalue weighted by Gasteiger charge is 2.14. The van der Waals surface area contributed by atoms with Crippen LogP contribution < -0.4 is 10.3 Å². The molecule has 2 rings (SSSR count). The molecule has 2 N–H and O–H groups in total. The summed E-state index contributed by atoms with van der Waals surface area (Å²) in [5.41, 5.74) is 0.745. The Morgan fingerprint density at radius 3 is 2.75 bits per heavy atom. The van der Waals surface area contributed by atoms with Gasteiger partial charge in [0.2, 0.25) is 11.6 Å². The van der Waals surface area contributed by atoms with Crippen LogP contribution in [0.5, 0.6) is 0 Å². The fourth-order valence-electron chi connectivity index (χ4n) is 1.67. The van der Waals surface area contributed by atoms with Crippen LogP contribution in [0.1, 0.15) is 23.2 Å². The van der Waals surface area contributed by atoms with Crippen molar-refractivity contribution in [2.45, 2.75) is 12.8 Å². The van der Waals surface area contributed by atoms with E-state index in [1.54, 1.807) is 0 Å². The van der Waals surface area contributed by atoms with Crippen molar-refractivity contribution < 1.29 is 9.79 Å². The molecule has 0 radical (unpaired) electrons. The number of amidine groups is 1. The molecule has 0 unspecified atom stereocenters. The normalized spacial score (nSPS) is 14.7. The predicted molar refractivity (Wildman–Crippen MR) is 66.5 cm³/mol. The minimum absolute atomic E-state index is 0.119. The van der Waals surface area contributed by atoms with E-state index in [0.29, 0.717) is 6.54 Å². The number of benzene rings is 1. The molecule has 0 fully saturated rings. The van der Waals surface area contributed by atoms with Crippen molar-refractivity contribution in [2.75, 3.05) is 13.1 Å². The molecule has 3 nitrogen and oxygen atoms in total. The monoisotopic (exact) mass is 281 g/mol. The molecule has 0 atom stereocenters. The molecular weight excluding hydrogens is 268 g/mol. The highest BCUT2D eigenvalue weighted by molar-refractivity contribution is 9.10. The number of rotatable bonds is 3. The third-order valence-corrected chi connectivity index (χ3v) is 3.10. The van der Waals surface area contributed by atoms with Crippen LogP contribution in [0.25, 0.3) is 0 Å². The van der Waals surface area contributed by atoms with Gasteiger partial charge >= 0.3 is 0 Å². The molecule has 1 aliphatic rings. The number of ketones is 1. The summed E-state index contributed by atoms with van der Waals surface area (Å²) in [6.45, 7) is 1.37. The van der Waals surface area contributed by atoms with E-state index in [0.717, 1.165) is 35.3 Å². The predicted octanol–water partition coefficient (Wildman–Crippen LogP) is 0.494. The van der Waals surface area contributed by atoms with Crippen molar-refractivity contribution in [1.29, 1.82) is 0 Å². The molecule has 4 heteroatoms. The first-order chi connectivity index (χ1) is 7.75. The second kappa shape index (κ2) is 5.25. The highest BCUT2D eigenvalue weighted by atomic mass is 79.9. The Kier molecular flexibility index (Phi) is 3.72. The number of hydrogen-bond donors (Lipinski definition) is 2. The van der Waals surface area contributed by atoms with E-state index in [1.165, 1.54) is 0 Å². The van der Waals surface area contributed by atoms with E-state index < -0.39 is 0 Å². The van der Waals surface area contributed by atoms with Gasteiger partial charge in [-0.15, -0.1) is 0 Å². The Morgan fingerprint density at radius 2 is 2.12 bits per heavy atom. The second-order valence-electron chi connectivity index (χ2n) is 3.79. The lowest BCUT2D eigenvalue weighted by Crippen LogP contribution is -2.72. The SMILES string of the molecule is O=C(CNC1=[NH+]CCC1)c1ccc(Br)cc1. The molecule has 1 aromatic rings. The quantitative estimate of drug-likeness (QED) is 0.793. The smallest absolute Gasteiger partial charge is 0.243 e. The third kappa shape index (κ3) is 2.92. The van der Waals surface area contributed by atoms with Crippen molar-refractivity contribution in [3.05, 3.63) is 34.3 Å². The molecule has 0 saturated heterocycles. The Labute approximate surface area is 103 Å². The largest absolute Gasteiger partial charge is 0.290 e. The van der Waals surface area contributed by atoms with Crippen LogP contribution in [0.15, 0.2) is 28.7 Å². The van der Waals surface area contributed by atoms with E-state index in [2.05, 4.69) is 26.2 Å². The summed E-state index contributed by atoms with van der Waals surface area (Å²) >= 11 is 3.35. The van der Waals surface area contributed by atoms with Gasteiger partial charge in [-0.3, -0.25) is 15.1 Å². The molecule has 0 amide bonds. The van der Waals surface area contributed by atoms with E-state index in [-0.39, 0.29) is 5.78 Å². The number of nitrogens with one attached hydrogen (secondary N) is 2. The van der Waals surface area contributed by atoms with Crippen LogP contribution in [-0.4, -0.2) is 24.7 Å². The van der Waals surface area contributed by atoms with Crippen LogP contribution in [0, 0.1) is 0 Å². The average Bonchev–Trinajstić information content (AvgIpc) is 2.80. The number of carbonyl (C=O) groups is 1. The van der Waals surface area contributed by atoms with Crippen molar-refractivity contribution >= 4 is 27.5 Å². The third-order valence-electron chi connectivity index (χ3n) is 2.57. The molecule has 0 spiro atoms. The molecule has 16 heavy (non-hydrogen) atoms. The van der Waals surface area contributed by atoms with Crippen LogP contribution in [0.3, 0.4) is 0 Å². The summed E-state index contributed by atoms with van der Waals surface area (Å²) in [4.78, 5) is 15.0. The van der Waals surface area contributed by atoms with Gasteiger partial charge in [-0.25, -0.2) is 0 Å². The minimum atomic E-state index is 0.119. The van der Waals surface area contributed by atoms with E-state index in [9.17, 15) is 4.79 Å². The highest BCUT2D eigenvalue weighted by Crippen LogP contribution is 2.10. The Morgan fingerprint density at radius 1 is 1.38 bits per heavy atom. The number of halogens is 1. The number of hydrogen-bond acceptors (Lipinski definition) is 2. The van der Waals surface area contributed by atoms with Gasteiger partial charge < -0.3 is 0 Å².